The number of halogens is 10. The van der Waals surface area contributed by atoms with Gasteiger partial charge in [-0.05, 0) is 142 Å². The molecule has 0 spiro atoms. The molecule has 8 aromatic rings. The van der Waals surface area contributed by atoms with E-state index in [-0.39, 0.29) is 64.7 Å². The van der Waals surface area contributed by atoms with E-state index in [0.29, 0.717) is 46.3 Å². The summed E-state index contributed by atoms with van der Waals surface area (Å²) in [6, 6.07) is 30.9. The predicted octanol–water partition coefficient (Wildman–Crippen LogP) is 14.5. The van der Waals surface area contributed by atoms with Crippen LogP contribution >= 0.6 is 0 Å². The third-order valence-corrected chi connectivity index (χ3v) is 11.1. The number of carbonyl (C=O) groups is 2. The van der Waals surface area contributed by atoms with Crippen LogP contribution in [0.15, 0.2) is 146 Å². The number of carboxylic acids is 1. The molecule has 0 bridgehead atoms. The largest absolute Gasteiger partial charge is 0.488 e. The van der Waals surface area contributed by atoms with Crippen molar-refractivity contribution in [2.45, 2.75) is 46.3 Å². The van der Waals surface area contributed by atoms with Gasteiger partial charge in [-0.15, -0.1) is 0 Å². The van der Waals surface area contributed by atoms with Gasteiger partial charge < -0.3 is 28.5 Å². The molecular formula is C54H40F10N2O6. The van der Waals surface area contributed by atoms with Crippen LogP contribution in [0.5, 0.6) is 11.5 Å². The number of hydrogen-bond donors (Lipinski definition) is 1. The monoisotopic (exact) mass is 1000 g/mol. The van der Waals surface area contributed by atoms with E-state index in [1.807, 2.05) is 0 Å². The number of aromatic carboxylic acids is 1. The SMILES string of the molecule is CCOC(=O)c1cccc(-n2c(C)ccc2-c2cc(C(F)(F)F)ccc2OCc2ccc(F)cc2F)c1.Cc1ccc(-c2cc(C(F)(F)F)ccc2OCc2ccc(F)cc2F)n1-c1cccc(C(=O)O)c1. The van der Waals surface area contributed by atoms with Crippen LogP contribution in [0.25, 0.3) is 33.9 Å². The van der Waals surface area contributed by atoms with Gasteiger partial charge in [-0.25, -0.2) is 27.2 Å². The molecule has 6 aromatic carbocycles. The zero-order valence-electron chi connectivity index (χ0n) is 38.1. The fraction of sp³-hybridized carbons (Fsp3) is 0.148. The standard InChI is InChI=1S/C28H22F5NO3.C26H18F5NO3/c1-3-36-27(35)18-5-4-6-22(13-18)34-17(2)7-11-25(34)23-14-20(28(31,32)33)9-12-26(23)37-16-19-8-10-21(29)15-24(19)30;1-15-5-9-23(32(15)20-4-2-3-16(11-20)25(33)34)21-12-18(26(29,30)31)7-10-24(21)35-14-17-6-8-19(27)13-22(17)28/h4-15H,3,16H2,1-2H3;2-13H,14H2,1H3,(H,33,34). The number of benzene rings is 6. The topological polar surface area (TPSA) is 91.9 Å². The van der Waals surface area contributed by atoms with Crippen molar-refractivity contribution >= 4 is 11.9 Å². The molecule has 0 atom stereocenters. The van der Waals surface area contributed by atoms with Crippen molar-refractivity contribution in [2.75, 3.05) is 6.61 Å². The van der Waals surface area contributed by atoms with Crippen LogP contribution in [0.3, 0.4) is 0 Å². The van der Waals surface area contributed by atoms with Crippen molar-refractivity contribution in [1.29, 1.82) is 0 Å². The first-order valence-electron chi connectivity index (χ1n) is 21.7. The lowest BCUT2D eigenvalue weighted by atomic mass is 10.1. The Morgan fingerprint density at radius 3 is 1.36 bits per heavy atom. The molecule has 0 aliphatic heterocycles. The van der Waals surface area contributed by atoms with Crippen LogP contribution in [0, 0.1) is 37.1 Å². The summed E-state index contributed by atoms with van der Waals surface area (Å²) >= 11 is 0. The molecule has 72 heavy (non-hydrogen) atoms. The smallest absolute Gasteiger partial charge is 0.416 e. The first-order chi connectivity index (χ1) is 34.1. The Labute approximate surface area is 404 Å². The molecule has 0 fully saturated rings. The van der Waals surface area contributed by atoms with Crippen molar-refractivity contribution in [3.63, 3.8) is 0 Å². The summed E-state index contributed by atoms with van der Waals surface area (Å²) in [6.07, 6.45) is -9.25. The molecule has 18 heteroatoms. The molecule has 2 heterocycles. The second-order valence-electron chi connectivity index (χ2n) is 16.0. The van der Waals surface area contributed by atoms with Gasteiger partial charge in [0, 0.05) is 57.1 Å². The van der Waals surface area contributed by atoms with E-state index in [4.69, 9.17) is 14.2 Å². The molecule has 372 valence electrons. The van der Waals surface area contributed by atoms with E-state index in [0.717, 1.165) is 42.5 Å². The molecule has 8 rings (SSSR count). The lowest BCUT2D eigenvalue weighted by Gasteiger charge is -2.18. The van der Waals surface area contributed by atoms with Crippen molar-refractivity contribution in [1.82, 2.24) is 9.13 Å². The summed E-state index contributed by atoms with van der Waals surface area (Å²) in [6.45, 7) is 4.68. The lowest BCUT2D eigenvalue weighted by Crippen LogP contribution is -2.08. The molecule has 0 aliphatic rings. The molecular weight excluding hydrogens is 963 g/mol. The number of ether oxygens (including phenoxy) is 3. The highest BCUT2D eigenvalue weighted by Crippen LogP contribution is 2.41. The predicted molar refractivity (Wildman–Crippen MR) is 246 cm³/mol. The Kier molecular flexibility index (Phi) is 15.3. The number of alkyl halides is 6. The van der Waals surface area contributed by atoms with Crippen molar-refractivity contribution in [3.8, 4) is 45.4 Å². The highest BCUT2D eigenvalue weighted by atomic mass is 19.4. The van der Waals surface area contributed by atoms with Crippen molar-refractivity contribution in [3.05, 3.63) is 214 Å². The maximum absolute atomic E-state index is 14.1. The zero-order chi connectivity index (χ0) is 52.1. The quantitative estimate of drug-likeness (QED) is 0.0914. The van der Waals surface area contributed by atoms with E-state index >= 15 is 0 Å². The maximum atomic E-state index is 14.1. The average Bonchev–Trinajstić information content (AvgIpc) is 3.92. The number of hydrogen-bond acceptors (Lipinski definition) is 5. The highest BCUT2D eigenvalue weighted by molar-refractivity contribution is 5.90. The first-order valence-corrected chi connectivity index (χ1v) is 21.7. The van der Waals surface area contributed by atoms with Crippen molar-refractivity contribution < 1.29 is 72.8 Å². The van der Waals surface area contributed by atoms with Crippen LogP contribution in [0.4, 0.5) is 43.9 Å². The van der Waals surface area contributed by atoms with Crippen LogP contribution in [0.2, 0.25) is 0 Å². The minimum absolute atomic E-state index is 0.00820. The van der Waals surface area contributed by atoms with Crippen LogP contribution in [-0.2, 0) is 30.3 Å². The Morgan fingerprint density at radius 2 is 0.958 bits per heavy atom. The number of carboxylic acid groups (broad SMARTS) is 1. The minimum atomic E-state index is -4.63. The average molecular weight is 1000 g/mol. The third-order valence-electron chi connectivity index (χ3n) is 11.1. The first kappa shape index (κ1) is 51.6. The second kappa shape index (κ2) is 21.4. The van der Waals surface area contributed by atoms with Gasteiger partial charge in [0.1, 0.15) is 48.0 Å². The Morgan fingerprint density at radius 1 is 0.528 bits per heavy atom. The van der Waals surface area contributed by atoms with Gasteiger partial charge in [-0.3, -0.25) is 0 Å². The molecule has 0 aliphatic carbocycles. The minimum Gasteiger partial charge on any atom is -0.488 e. The molecule has 0 saturated heterocycles. The summed E-state index contributed by atoms with van der Waals surface area (Å²) in [7, 11) is 0. The van der Waals surface area contributed by atoms with Crippen LogP contribution in [0.1, 0.15) is 61.3 Å². The fourth-order valence-electron chi connectivity index (χ4n) is 7.60. The molecule has 0 unspecified atom stereocenters. The molecule has 1 N–H and O–H groups in total. The summed E-state index contributed by atoms with van der Waals surface area (Å²) in [5.41, 5.74) is 1.66. The molecule has 0 saturated carbocycles. The number of aryl methyl sites for hydroxylation is 2. The summed E-state index contributed by atoms with van der Waals surface area (Å²) < 4.78 is 156. The Hall–Kier alpha value is -8.28. The van der Waals surface area contributed by atoms with E-state index in [9.17, 15) is 58.6 Å². The fourth-order valence-corrected chi connectivity index (χ4v) is 7.60. The number of aromatic nitrogens is 2. The number of rotatable bonds is 13. The summed E-state index contributed by atoms with van der Waals surface area (Å²) in [5, 5.41) is 9.34. The van der Waals surface area contributed by atoms with Gasteiger partial charge in [-0.2, -0.15) is 26.3 Å². The molecule has 0 radical (unpaired) electrons. The number of carbonyl (C=O) groups excluding carboxylic acids is 1. The van der Waals surface area contributed by atoms with Crippen LogP contribution in [-0.4, -0.2) is 32.8 Å². The third kappa shape index (κ3) is 11.8. The normalized spacial score (nSPS) is 11.5. The van der Waals surface area contributed by atoms with Gasteiger partial charge in [0.05, 0.1) is 40.2 Å². The lowest BCUT2D eigenvalue weighted by molar-refractivity contribution is -0.138. The van der Waals surface area contributed by atoms with Crippen molar-refractivity contribution in [2.24, 2.45) is 0 Å². The van der Waals surface area contributed by atoms with Crippen LogP contribution < -0.4 is 9.47 Å². The van der Waals surface area contributed by atoms with Gasteiger partial charge in [0.15, 0.2) is 0 Å². The van der Waals surface area contributed by atoms with Gasteiger partial charge in [-0.1, -0.05) is 12.1 Å². The van der Waals surface area contributed by atoms with Gasteiger partial charge >= 0.3 is 24.3 Å². The number of esters is 1. The molecule has 0 amide bonds. The number of nitrogens with zero attached hydrogens (tertiary/aromatic N) is 2. The molecule has 8 nitrogen and oxygen atoms in total. The highest BCUT2D eigenvalue weighted by Gasteiger charge is 2.33. The van der Waals surface area contributed by atoms with E-state index in [2.05, 4.69) is 0 Å². The van der Waals surface area contributed by atoms with E-state index < -0.39 is 58.7 Å². The Bertz CT molecular complexity index is 3280. The van der Waals surface area contributed by atoms with E-state index in [1.54, 1.807) is 84.5 Å². The summed E-state index contributed by atoms with van der Waals surface area (Å²) in [4.78, 5) is 23.7. The Balaban J connectivity index is 0.000000212. The molecule has 2 aromatic heterocycles. The van der Waals surface area contributed by atoms with E-state index in [1.165, 1.54) is 36.4 Å². The maximum Gasteiger partial charge on any atom is 0.416 e. The second-order valence-corrected chi connectivity index (χ2v) is 16.0. The summed E-state index contributed by atoms with van der Waals surface area (Å²) in [5.74, 6) is -4.77. The zero-order valence-corrected chi connectivity index (χ0v) is 38.1. The van der Waals surface area contributed by atoms with Gasteiger partial charge in [0.25, 0.3) is 0 Å². The van der Waals surface area contributed by atoms with Gasteiger partial charge in [0.2, 0.25) is 0 Å².